The largest absolute Gasteiger partial charge is 0.370 e. The molecule has 6 heteroatoms. The summed E-state index contributed by atoms with van der Waals surface area (Å²) >= 11 is 5.39. The molecule has 1 heterocycles. The SMILES string of the molecule is S=C(NCC[NH+]1CCOCC1)NN=C1c2ccccc2-c2ccccc21. The van der Waals surface area contributed by atoms with Gasteiger partial charge in [0.1, 0.15) is 13.1 Å². The van der Waals surface area contributed by atoms with E-state index in [1.54, 1.807) is 4.90 Å². The van der Waals surface area contributed by atoms with Crippen LogP contribution < -0.4 is 15.6 Å². The average molecular weight is 367 g/mol. The summed E-state index contributed by atoms with van der Waals surface area (Å²) in [6, 6.07) is 16.7. The number of fused-ring (bicyclic) bond motifs is 3. The molecule has 3 N–H and O–H groups in total. The molecule has 1 fully saturated rings. The molecule has 0 radical (unpaired) electrons. The van der Waals surface area contributed by atoms with Gasteiger partial charge in [0, 0.05) is 11.1 Å². The number of rotatable bonds is 4. The number of hydrogen-bond donors (Lipinski definition) is 3. The van der Waals surface area contributed by atoms with Gasteiger partial charge in [-0.3, -0.25) is 5.43 Å². The highest BCUT2D eigenvalue weighted by Gasteiger charge is 2.24. The maximum absolute atomic E-state index is 5.39. The summed E-state index contributed by atoms with van der Waals surface area (Å²) in [5.74, 6) is 0. The zero-order valence-electron chi connectivity index (χ0n) is 14.6. The lowest BCUT2D eigenvalue weighted by molar-refractivity contribution is -0.906. The summed E-state index contributed by atoms with van der Waals surface area (Å²) in [6.45, 7) is 5.71. The molecule has 4 rings (SSSR count). The van der Waals surface area contributed by atoms with E-state index in [2.05, 4.69) is 52.2 Å². The van der Waals surface area contributed by atoms with Gasteiger partial charge in [0.15, 0.2) is 5.11 Å². The molecule has 134 valence electrons. The molecular weight excluding hydrogens is 344 g/mol. The molecule has 0 aromatic heterocycles. The number of hydrazone groups is 1. The first-order valence-electron chi connectivity index (χ1n) is 9.05. The van der Waals surface area contributed by atoms with Crippen molar-refractivity contribution in [2.75, 3.05) is 39.4 Å². The van der Waals surface area contributed by atoms with E-state index in [1.807, 2.05) is 12.1 Å². The lowest BCUT2D eigenvalue weighted by atomic mass is 10.1. The monoisotopic (exact) mass is 367 g/mol. The average Bonchev–Trinajstić information content (AvgIpc) is 3.01. The summed E-state index contributed by atoms with van der Waals surface area (Å²) in [5.41, 5.74) is 8.68. The van der Waals surface area contributed by atoms with Crippen LogP contribution in [0.3, 0.4) is 0 Å². The minimum Gasteiger partial charge on any atom is -0.370 e. The standard InChI is InChI=1S/C20H22N4OS/c26-20(21-9-10-24-11-13-25-14-12-24)23-22-19-17-7-3-1-5-15(17)16-6-2-4-8-18(16)19/h1-8H,9-14H2,(H2,21,23,26)/p+1. The molecule has 0 atom stereocenters. The van der Waals surface area contributed by atoms with Crippen LogP contribution in [0.5, 0.6) is 0 Å². The Morgan fingerprint density at radius 3 is 2.15 bits per heavy atom. The molecule has 5 nitrogen and oxygen atoms in total. The lowest BCUT2D eigenvalue weighted by Gasteiger charge is -2.23. The molecule has 2 aliphatic rings. The summed E-state index contributed by atoms with van der Waals surface area (Å²) < 4.78 is 5.38. The van der Waals surface area contributed by atoms with Gasteiger partial charge < -0.3 is 15.0 Å². The van der Waals surface area contributed by atoms with Gasteiger partial charge in [0.2, 0.25) is 0 Å². The van der Waals surface area contributed by atoms with Crippen LogP contribution in [-0.4, -0.2) is 50.2 Å². The van der Waals surface area contributed by atoms with Crippen LogP contribution in [-0.2, 0) is 4.74 Å². The normalized spacial score (nSPS) is 15.9. The summed E-state index contributed by atoms with van der Waals surface area (Å²) in [6.07, 6.45) is 0. The van der Waals surface area contributed by atoms with Crippen LogP contribution in [0.25, 0.3) is 11.1 Å². The van der Waals surface area contributed by atoms with Gasteiger partial charge in [-0.05, 0) is 23.3 Å². The molecule has 26 heavy (non-hydrogen) atoms. The number of ether oxygens (including phenoxy) is 1. The molecule has 2 aromatic carbocycles. The van der Waals surface area contributed by atoms with Gasteiger partial charge in [0.25, 0.3) is 0 Å². The Balaban J connectivity index is 1.39. The van der Waals surface area contributed by atoms with E-state index in [-0.39, 0.29) is 0 Å². The highest BCUT2D eigenvalue weighted by molar-refractivity contribution is 7.80. The molecule has 0 unspecified atom stereocenters. The van der Waals surface area contributed by atoms with E-state index in [9.17, 15) is 0 Å². The van der Waals surface area contributed by atoms with E-state index in [1.165, 1.54) is 11.1 Å². The topological polar surface area (TPSA) is 50.1 Å². The van der Waals surface area contributed by atoms with Gasteiger partial charge in [0.05, 0.1) is 32.0 Å². The first-order chi connectivity index (χ1) is 12.8. The second-order valence-electron chi connectivity index (χ2n) is 6.53. The van der Waals surface area contributed by atoms with Crippen molar-refractivity contribution in [3.05, 3.63) is 59.7 Å². The quantitative estimate of drug-likeness (QED) is 0.472. The van der Waals surface area contributed by atoms with Gasteiger partial charge in [-0.1, -0.05) is 48.5 Å². The second-order valence-corrected chi connectivity index (χ2v) is 6.94. The van der Waals surface area contributed by atoms with Gasteiger partial charge >= 0.3 is 0 Å². The minimum atomic E-state index is 0.562. The fourth-order valence-electron chi connectivity index (χ4n) is 3.52. The second kappa shape index (κ2) is 7.95. The maximum atomic E-state index is 5.39. The smallest absolute Gasteiger partial charge is 0.187 e. The summed E-state index contributed by atoms with van der Waals surface area (Å²) in [7, 11) is 0. The summed E-state index contributed by atoms with van der Waals surface area (Å²) in [5, 5.41) is 8.42. The van der Waals surface area contributed by atoms with Crippen molar-refractivity contribution in [1.82, 2.24) is 10.7 Å². The van der Waals surface area contributed by atoms with Crippen LogP contribution in [0.15, 0.2) is 53.6 Å². The molecule has 1 aliphatic heterocycles. The Morgan fingerprint density at radius 1 is 0.962 bits per heavy atom. The highest BCUT2D eigenvalue weighted by Crippen LogP contribution is 2.36. The van der Waals surface area contributed by atoms with Crippen LogP contribution >= 0.6 is 12.2 Å². The number of thiocarbonyl (C=S) groups is 1. The van der Waals surface area contributed by atoms with E-state index in [0.29, 0.717) is 5.11 Å². The number of benzene rings is 2. The maximum Gasteiger partial charge on any atom is 0.187 e. The Kier molecular flexibility index (Phi) is 5.24. The number of nitrogens with one attached hydrogen (secondary N) is 3. The third kappa shape index (κ3) is 3.62. The van der Waals surface area contributed by atoms with Crippen LogP contribution in [0.1, 0.15) is 11.1 Å². The van der Waals surface area contributed by atoms with Crippen LogP contribution in [0.2, 0.25) is 0 Å². The Hall–Kier alpha value is -2.28. The summed E-state index contributed by atoms with van der Waals surface area (Å²) in [4.78, 5) is 1.55. The zero-order chi connectivity index (χ0) is 17.8. The Morgan fingerprint density at radius 2 is 1.54 bits per heavy atom. The Labute approximate surface area is 159 Å². The van der Waals surface area contributed by atoms with E-state index < -0.39 is 0 Å². The lowest BCUT2D eigenvalue weighted by Crippen LogP contribution is -3.14. The molecule has 0 spiro atoms. The van der Waals surface area contributed by atoms with Crippen molar-refractivity contribution in [2.45, 2.75) is 0 Å². The number of morpholine rings is 1. The van der Waals surface area contributed by atoms with Gasteiger partial charge in [-0.2, -0.15) is 5.10 Å². The molecule has 2 aromatic rings. The first kappa shape index (κ1) is 17.1. The number of quaternary nitrogens is 1. The van der Waals surface area contributed by atoms with Crippen molar-refractivity contribution in [1.29, 1.82) is 0 Å². The molecule has 0 saturated carbocycles. The minimum absolute atomic E-state index is 0.562. The van der Waals surface area contributed by atoms with E-state index >= 15 is 0 Å². The van der Waals surface area contributed by atoms with Crippen LogP contribution in [0.4, 0.5) is 0 Å². The van der Waals surface area contributed by atoms with E-state index in [4.69, 9.17) is 17.0 Å². The van der Waals surface area contributed by atoms with Crippen molar-refractivity contribution in [3.8, 4) is 11.1 Å². The van der Waals surface area contributed by atoms with Crippen molar-refractivity contribution in [3.63, 3.8) is 0 Å². The van der Waals surface area contributed by atoms with Crippen LogP contribution in [0, 0.1) is 0 Å². The molecule has 0 amide bonds. The van der Waals surface area contributed by atoms with Crippen molar-refractivity contribution >= 4 is 23.0 Å². The Bertz CT molecular complexity index is 783. The predicted octanol–water partition coefficient (Wildman–Crippen LogP) is 0.799. The fraction of sp³-hybridized carbons (Fsp3) is 0.300. The van der Waals surface area contributed by atoms with E-state index in [0.717, 1.165) is 56.2 Å². The zero-order valence-corrected chi connectivity index (χ0v) is 15.4. The number of hydrogen-bond acceptors (Lipinski definition) is 3. The molecular formula is C20H23N4OS+. The van der Waals surface area contributed by atoms with Crippen molar-refractivity contribution in [2.24, 2.45) is 5.10 Å². The van der Waals surface area contributed by atoms with Gasteiger partial charge in [-0.25, -0.2) is 0 Å². The third-order valence-corrected chi connectivity index (χ3v) is 5.12. The highest BCUT2D eigenvalue weighted by atomic mass is 32.1. The first-order valence-corrected chi connectivity index (χ1v) is 9.46. The fourth-order valence-corrected chi connectivity index (χ4v) is 3.67. The number of nitrogens with zero attached hydrogens (tertiary/aromatic N) is 1. The molecule has 0 bridgehead atoms. The molecule has 1 aliphatic carbocycles. The molecule has 1 saturated heterocycles. The van der Waals surface area contributed by atoms with Gasteiger partial charge in [-0.15, -0.1) is 0 Å². The van der Waals surface area contributed by atoms with Crippen molar-refractivity contribution < 1.29 is 9.64 Å². The third-order valence-electron chi connectivity index (χ3n) is 4.89. The predicted molar refractivity (Wildman–Crippen MR) is 108 cm³/mol.